The van der Waals surface area contributed by atoms with E-state index in [1.807, 2.05) is 11.1 Å². The standard InChI is InChI=1S/C23H29N5O/c29-23(20-4-2-12-25-20)28-13-9-17(10-14-28)16-5-7-18(8-6-16)21-15-26-22(27-21)19-3-1-11-24-19/h5-9,15,19-20,24-25H,1-4,10-14H2,(H,26,27). The highest BCUT2D eigenvalue weighted by atomic mass is 16.2. The number of aromatic amines is 1. The lowest BCUT2D eigenvalue weighted by Gasteiger charge is -2.29. The first kappa shape index (κ1) is 18.6. The van der Waals surface area contributed by atoms with Crippen molar-refractivity contribution in [2.75, 3.05) is 26.2 Å². The fraction of sp³-hybridized carbons (Fsp3) is 0.478. The maximum Gasteiger partial charge on any atom is 0.239 e. The quantitative estimate of drug-likeness (QED) is 0.749. The van der Waals surface area contributed by atoms with E-state index in [0.29, 0.717) is 12.6 Å². The van der Waals surface area contributed by atoms with Gasteiger partial charge in [-0.05, 0) is 61.9 Å². The summed E-state index contributed by atoms with van der Waals surface area (Å²) in [6, 6.07) is 9.09. The molecule has 29 heavy (non-hydrogen) atoms. The number of nitrogens with zero attached hydrogens (tertiary/aromatic N) is 2. The Morgan fingerprint density at radius 3 is 2.52 bits per heavy atom. The molecule has 6 nitrogen and oxygen atoms in total. The first-order chi connectivity index (χ1) is 14.3. The second kappa shape index (κ2) is 8.13. The zero-order valence-corrected chi connectivity index (χ0v) is 16.8. The molecular weight excluding hydrogens is 362 g/mol. The largest absolute Gasteiger partial charge is 0.341 e. The molecule has 1 aromatic carbocycles. The van der Waals surface area contributed by atoms with Crippen LogP contribution >= 0.6 is 0 Å². The third kappa shape index (κ3) is 3.87. The average Bonchev–Trinajstić information content (AvgIpc) is 3.55. The molecular formula is C23H29N5O. The topological polar surface area (TPSA) is 73.1 Å². The number of carbonyl (C=O) groups excluding carboxylic acids is 1. The SMILES string of the molecule is O=C(C1CCCN1)N1CC=C(c2ccc(-c3cnc(C4CCCN4)[nH]3)cc2)CC1. The number of amides is 1. The van der Waals surface area contributed by atoms with Gasteiger partial charge in [0.15, 0.2) is 0 Å². The number of rotatable bonds is 4. The second-order valence-corrected chi connectivity index (χ2v) is 8.32. The summed E-state index contributed by atoms with van der Waals surface area (Å²) in [5.74, 6) is 1.30. The monoisotopic (exact) mass is 391 g/mol. The molecule has 0 radical (unpaired) electrons. The summed E-state index contributed by atoms with van der Waals surface area (Å²) in [5, 5.41) is 6.80. The van der Waals surface area contributed by atoms with Crippen LogP contribution in [-0.2, 0) is 4.79 Å². The smallest absolute Gasteiger partial charge is 0.239 e. The lowest BCUT2D eigenvalue weighted by molar-refractivity contribution is -0.132. The lowest BCUT2D eigenvalue weighted by Crippen LogP contribution is -2.45. The Kier molecular flexibility index (Phi) is 5.21. The number of aromatic nitrogens is 2. The maximum atomic E-state index is 12.6. The summed E-state index contributed by atoms with van der Waals surface area (Å²) in [6.45, 7) is 3.56. The van der Waals surface area contributed by atoms with E-state index in [-0.39, 0.29) is 11.9 Å². The number of H-pyrrole nitrogens is 1. The van der Waals surface area contributed by atoms with Crippen LogP contribution in [0, 0.1) is 0 Å². The van der Waals surface area contributed by atoms with Gasteiger partial charge in [0.25, 0.3) is 0 Å². The molecule has 1 aromatic heterocycles. The Morgan fingerprint density at radius 2 is 1.83 bits per heavy atom. The normalized spacial score (nSPS) is 24.7. The van der Waals surface area contributed by atoms with Crippen molar-refractivity contribution in [3.63, 3.8) is 0 Å². The summed E-state index contributed by atoms with van der Waals surface area (Å²) in [5.41, 5.74) is 4.81. The van der Waals surface area contributed by atoms with E-state index >= 15 is 0 Å². The van der Waals surface area contributed by atoms with Crippen molar-refractivity contribution in [1.82, 2.24) is 25.5 Å². The van der Waals surface area contributed by atoms with Crippen molar-refractivity contribution in [3.8, 4) is 11.3 Å². The van der Waals surface area contributed by atoms with Gasteiger partial charge >= 0.3 is 0 Å². The van der Waals surface area contributed by atoms with Gasteiger partial charge in [-0.2, -0.15) is 0 Å². The highest BCUT2D eigenvalue weighted by molar-refractivity contribution is 5.83. The van der Waals surface area contributed by atoms with Crippen molar-refractivity contribution < 1.29 is 4.79 Å². The van der Waals surface area contributed by atoms with Gasteiger partial charge in [0.05, 0.1) is 24.0 Å². The van der Waals surface area contributed by atoms with Gasteiger partial charge in [-0.1, -0.05) is 30.3 Å². The van der Waals surface area contributed by atoms with E-state index < -0.39 is 0 Å². The molecule has 0 bridgehead atoms. The van der Waals surface area contributed by atoms with Crippen LogP contribution in [-0.4, -0.2) is 53.0 Å². The molecule has 2 saturated heterocycles. The number of imidazole rings is 1. The van der Waals surface area contributed by atoms with Crippen LogP contribution in [0.15, 0.2) is 36.5 Å². The first-order valence-electron chi connectivity index (χ1n) is 10.9. The van der Waals surface area contributed by atoms with Crippen LogP contribution in [0.5, 0.6) is 0 Å². The molecule has 0 spiro atoms. The van der Waals surface area contributed by atoms with Gasteiger partial charge in [0.2, 0.25) is 5.91 Å². The molecule has 3 aliphatic rings. The molecule has 6 heteroatoms. The summed E-state index contributed by atoms with van der Waals surface area (Å²) >= 11 is 0. The Morgan fingerprint density at radius 1 is 1.03 bits per heavy atom. The Labute approximate surface area is 171 Å². The van der Waals surface area contributed by atoms with Crippen LogP contribution < -0.4 is 10.6 Å². The van der Waals surface area contributed by atoms with Crippen LogP contribution in [0.25, 0.3) is 16.8 Å². The lowest BCUT2D eigenvalue weighted by atomic mass is 9.97. The molecule has 2 aromatic rings. The molecule has 3 aliphatic heterocycles. The predicted octanol–water partition coefficient (Wildman–Crippen LogP) is 2.87. The summed E-state index contributed by atoms with van der Waals surface area (Å²) < 4.78 is 0. The molecule has 3 N–H and O–H groups in total. The van der Waals surface area contributed by atoms with Crippen molar-refractivity contribution in [3.05, 3.63) is 47.9 Å². The third-order valence-electron chi connectivity index (χ3n) is 6.43. The minimum absolute atomic E-state index is 0.0305. The third-order valence-corrected chi connectivity index (χ3v) is 6.43. The van der Waals surface area contributed by atoms with Gasteiger partial charge in [0.1, 0.15) is 5.82 Å². The summed E-state index contributed by atoms with van der Waals surface area (Å²) in [6.07, 6.45) is 9.50. The van der Waals surface area contributed by atoms with Crippen LogP contribution in [0.2, 0.25) is 0 Å². The summed E-state index contributed by atoms with van der Waals surface area (Å²) in [4.78, 5) is 22.6. The molecule has 4 heterocycles. The molecule has 5 rings (SSSR count). The zero-order chi connectivity index (χ0) is 19.6. The molecule has 0 saturated carbocycles. The number of hydrogen-bond donors (Lipinski definition) is 3. The van der Waals surface area contributed by atoms with Crippen molar-refractivity contribution in [2.45, 2.75) is 44.2 Å². The van der Waals surface area contributed by atoms with E-state index in [0.717, 1.165) is 62.4 Å². The minimum Gasteiger partial charge on any atom is -0.341 e. The number of carbonyl (C=O) groups is 1. The number of benzene rings is 1. The van der Waals surface area contributed by atoms with Crippen LogP contribution in [0.1, 0.15) is 49.5 Å². The predicted molar refractivity (Wildman–Crippen MR) is 114 cm³/mol. The Hall–Kier alpha value is -2.44. The highest BCUT2D eigenvalue weighted by Gasteiger charge is 2.27. The van der Waals surface area contributed by atoms with Crippen LogP contribution in [0.3, 0.4) is 0 Å². The molecule has 152 valence electrons. The van der Waals surface area contributed by atoms with Gasteiger partial charge in [-0.15, -0.1) is 0 Å². The second-order valence-electron chi connectivity index (χ2n) is 8.32. The molecule has 2 fully saturated rings. The van der Waals surface area contributed by atoms with Gasteiger partial charge < -0.3 is 20.5 Å². The Bertz CT molecular complexity index is 888. The van der Waals surface area contributed by atoms with E-state index in [2.05, 4.69) is 50.9 Å². The molecule has 0 aliphatic carbocycles. The first-order valence-corrected chi connectivity index (χ1v) is 10.9. The molecule has 1 amide bonds. The van der Waals surface area contributed by atoms with E-state index in [1.165, 1.54) is 17.6 Å². The van der Waals surface area contributed by atoms with Gasteiger partial charge in [-0.25, -0.2) is 4.98 Å². The van der Waals surface area contributed by atoms with Gasteiger partial charge in [-0.3, -0.25) is 4.79 Å². The van der Waals surface area contributed by atoms with E-state index in [4.69, 9.17) is 0 Å². The average molecular weight is 392 g/mol. The maximum absolute atomic E-state index is 12.6. The number of nitrogens with one attached hydrogen (secondary N) is 3. The fourth-order valence-electron chi connectivity index (χ4n) is 4.69. The van der Waals surface area contributed by atoms with Crippen molar-refractivity contribution >= 4 is 11.5 Å². The van der Waals surface area contributed by atoms with Crippen molar-refractivity contribution in [2.24, 2.45) is 0 Å². The van der Waals surface area contributed by atoms with Crippen LogP contribution in [0.4, 0.5) is 0 Å². The van der Waals surface area contributed by atoms with E-state index in [9.17, 15) is 4.79 Å². The van der Waals surface area contributed by atoms with Crippen molar-refractivity contribution in [1.29, 1.82) is 0 Å². The highest BCUT2D eigenvalue weighted by Crippen LogP contribution is 2.27. The molecule has 2 unspecified atom stereocenters. The molecule has 2 atom stereocenters. The van der Waals surface area contributed by atoms with Gasteiger partial charge in [0, 0.05) is 13.1 Å². The number of hydrogen-bond acceptors (Lipinski definition) is 4. The zero-order valence-electron chi connectivity index (χ0n) is 16.8. The van der Waals surface area contributed by atoms with E-state index in [1.54, 1.807) is 0 Å². The fourth-order valence-corrected chi connectivity index (χ4v) is 4.69. The summed E-state index contributed by atoms with van der Waals surface area (Å²) in [7, 11) is 0. The minimum atomic E-state index is 0.0305. The Balaban J connectivity index is 1.24.